The van der Waals surface area contributed by atoms with Crippen LogP contribution < -0.4 is 11.3 Å². The number of aryl methyl sites for hydroxylation is 2. The number of rotatable bonds is 7. The molecule has 5 heteroatoms. The van der Waals surface area contributed by atoms with E-state index in [9.17, 15) is 0 Å². The molecule has 0 aliphatic heterocycles. The summed E-state index contributed by atoms with van der Waals surface area (Å²) in [6, 6.07) is 2.34. The Kier molecular flexibility index (Phi) is 5.52. The molecule has 1 aromatic rings. The van der Waals surface area contributed by atoms with Crippen molar-refractivity contribution in [1.29, 1.82) is 0 Å². The van der Waals surface area contributed by atoms with Gasteiger partial charge in [0, 0.05) is 30.2 Å². The zero-order valence-corrected chi connectivity index (χ0v) is 13.2. The summed E-state index contributed by atoms with van der Waals surface area (Å²) in [7, 11) is 4.21. The van der Waals surface area contributed by atoms with Gasteiger partial charge in [0.05, 0.1) is 5.69 Å². The van der Waals surface area contributed by atoms with Gasteiger partial charge in [-0.25, -0.2) is 0 Å². The third-order valence-electron chi connectivity index (χ3n) is 4.39. The molecule has 0 saturated heterocycles. The molecule has 0 spiro atoms. The minimum atomic E-state index is 0.0193. The van der Waals surface area contributed by atoms with Gasteiger partial charge in [0.25, 0.3) is 0 Å². The molecule has 0 aliphatic rings. The van der Waals surface area contributed by atoms with Crippen molar-refractivity contribution in [3.63, 3.8) is 0 Å². The van der Waals surface area contributed by atoms with Crippen molar-refractivity contribution in [3.05, 3.63) is 17.5 Å². The molecule has 0 aromatic carbocycles. The fraction of sp³-hybridized carbons (Fsp3) is 0.786. The first-order valence-electron chi connectivity index (χ1n) is 7.05. The first-order chi connectivity index (χ1) is 8.88. The molecule has 2 unspecified atom stereocenters. The predicted octanol–water partition coefficient (Wildman–Crippen LogP) is 1.32. The van der Waals surface area contributed by atoms with Crippen molar-refractivity contribution in [2.75, 3.05) is 14.1 Å². The third kappa shape index (κ3) is 3.35. The average molecular weight is 267 g/mol. The van der Waals surface area contributed by atoms with Gasteiger partial charge in [-0.2, -0.15) is 5.10 Å². The third-order valence-corrected chi connectivity index (χ3v) is 4.39. The number of nitrogens with one attached hydrogen (secondary N) is 1. The predicted molar refractivity (Wildman–Crippen MR) is 79.8 cm³/mol. The van der Waals surface area contributed by atoms with Crippen LogP contribution in [0.5, 0.6) is 0 Å². The summed E-state index contributed by atoms with van der Waals surface area (Å²) in [6.07, 6.45) is 1.92. The van der Waals surface area contributed by atoms with Crippen LogP contribution >= 0.6 is 0 Å². The van der Waals surface area contributed by atoms with E-state index in [0.717, 1.165) is 25.1 Å². The van der Waals surface area contributed by atoms with Crippen molar-refractivity contribution < 1.29 is 0 Å². The zero-order valence-electron chi connectivity index (χ0n) is 13.2. The number of likely N-dealkylation sites (N-methyl/N-ethyl adjacent to an activating group) is 1. The second-order valence-electron chi connectivity index (χ2n) is 5.62. The van der Waals surface area contributed by atoms with E-state index in [-0.39, 0.29) is 11.6 Å². The van der Waals surface area contributed by atoms with E-state index in [1.54, 1.807) is 0 Å². The van der Waals surface area contributed by atoms with Crippen molar-refractivity contribution in [2.45, 2.75) is 58.7 Å². The molecule has 0 amide bonds. The van der Waals surface area contributed by atoms with Crippen LogP contribution in [0, 0.1) is 6.92 Å². The summed E-state index contributed by atoms with van der Waals surface area (Å²) in [5, 5.41) is 4.50. The number of nitrogens with two attached hydrogens (primary N) is 1. The summed E-state index contributed by atoms with van der Waals surface area (Å²) >= 11 is 0. The molecule has 5 nitrogen and oxygen atoms in total. The van der Waals surface area contributed by atoms with E-state index in [1.165, 1.54) is 5.69 Å². The van der Waals surface area contributed by atoms with Crippen molar-refractivity contribution in [3.8, 4) is 0 Å². The van der Waals surface area contributed by atoms with Gasteiger partial charge in [-0.1, -0.05) is 6.92 Å². The highest BCUT2D eigenvalue weighted by Crippen LogP contribution is 2.23. The highest BCUT2D eigenvalue weighted by Gasteiger charge is 2.34. The molecular formula is C14H29N5. The van der Waals surface area contributed by atoms with Crippen LogP contribution in [0.3, 0.4) is 0 Å². The maximum absolute atomic E-state index is 5.81. The van der Waals surface area contributed by atoms with E-state index in [1.807, 2.05) is 6.92 Å². The van der Waals surface area contributed by atoms with E-state index < -0.39 is 0 Å². The Morgan fingerprint density at radius 2 is 2.11 bits per heavy atom. The lowest BCUT2D eigenvalue weighted by Crippen LogP contribution is -2.59. The van der Waals surface area contributed by atoms with Crippen LogP contribution in [0.2, 0.25) is 0 Å². The standard InChI is InChI=1S/C14H29N5/c1-7-14(4,18(5)6)13(16-15)10-12-9-11(3)17-19(12)8-2/h9,13,16H,7-8,10,15H2,1-6H3. The number of hydrogen-bond acceptors (Lipinski definition) is 4. The monoisotopic (exact) mass is 267 g/mol. The summed E-state index contributed by atoms with van der Waals surface area (Å²) in [5.74, 6) is 5.81. The molecule has 3 N–H and O–H groups in total. The molecule has 0 saturated carbocycles. The SMILES string of the molecule is CCn1nc(C)cc1CC(NN)C(C)(CC)N(C)C. The Labute approximate surface area is 117 Å². The lowest BCUT2D eigenvalue weighted by atomic mass is 9.85. The Bertz CT molecular complexity index is 399. The van der Waals surface area contributed by atoms with Crippen LogP contribution in [0.4, 0.5) is 0 Å². The molecule has 1 heterocycles. The average Bonchev–Trinajstić information content (AvgIpc) is 2.74. The summed E-state index contributed by atoms with van der Waals surface area (Å²) < 4.78 is 2.06. The molecule has 2 atom stereocenters. The smallest absolute Gasteiger partial charge is 0.0596 e. The molecule has 0 fully saturated rings. The molecule has 0 aliphatic carbocycles. The molecule has 110 valence electrons. The number of hydrazine groups is 1. The Morgan fingerprint density at radius 1 is 1.47 bits per heavy atom. The first-order valence-corrected chi connectivity index (χ1v) is 7.05. The maximum Gasteiger partial charge on any atom is 0.0596 e. The largest absolute Gasteiger partial charge is 0.302 e. The number of nitrogens with zero attached hydrogens (tertiary/aromatic N) is 3. The van der Waals surface area contributed by atoms with E-state index in [4.69, 9.17) is 5.84 Å². The normalized spacial score (nSPS) is 16.6. The van der Waals surface area contributed by atoms with Crippen LogP contribution in [0.1, 0.15) is 38.6 Å². The Hall–Kier alpha value is -0.910. The van der Waals surface area contributed by atoms with E-state index >= 15 is 0 Å². The molecule has 1 aromatic heterocycles. The summed E-state index contributed by atoms with van der Waals surface area (Å²) in [6.45, 7) is 9.49. The fourth-order valence-electron chi connectivity index (χ4n) is 2.58. The lowest BCUT2D eigenvalue weighted by Gasteiger charge is -2.42. The molecule has 19 heavy (non-hydrogen) atoms. The van der Waals surface area contributed by atoms with Crippen molar-refractivity contribution >= 4 is 0 Å². The fourth-order valence-corrected chi connectivity index (χ4v) is 2.58. The quantitative estimate of drug-likeness (QED) is 0.578. The van der Waals surface area contributed by atoms with Gasteiger partial charge in [0.15, 0.2) is 0 Å². The van der Waals surface area contributed by atoms with Gasteiger partial charge < -0.3 is 4.90 Å². The highest BCUT2D eigenvalue weighted by molar-refractivity contribution is 5.12. The van der Waals surface area contributed by atoms with Crippen LogP contribution in [-0.4, -0.2) is 40.4 Å². The zero-order chi connectivity index (χ0) is 14.6. The Morgan fingerprint density at radius 3 is 2.53 bits per heavy atom. The van der Waals surface area contributed by atoms with Crippen molar-refractivity contribution in [2.24, 2.45) is 5.84 Å². The number of aromatic nitrogens is 2. The molecular weight excluding hydrogens is 238 g/mol. The van der Waals surface area contributed by atoms with Gasteiger partial charge in [0.1, 0.15) is 0 Å². The molecule has 0 bridgehead atoms. The van der Waals surface area contributed by atoms with Crippen LogP contribution in [0.25, 0.3) is 0 Å². The second kappa shape index (κ2) is 6.50. The van der Waals surface area contributed by atoms with Crippen molar-refractivity contribution in [1.82, 2.24) is 20.1 Å². The van der Waals surface area contributed by atoms with Gasteiger partial charge in [0.2, 0.25) is 0 Å². The van der Waals surface area contributed by atoms with E-state index in [2.05, 4.69) is 61.0 Å². The molecule has 1 rings (SSSR count). The molecule has 0 radical (unpaired) electrons. The highest BCUT2D eigenvalue weighted by atomic mass is 15.3. The van der Waals surface area contributed by atoms with Crippen LogP contribution in [-0.2, 0) is 13.0 Å². The minimum Gasteiger partial charge on any atom is -0.302 e. The summed E-state index contributed by atoms with van der Waals surface area (Å²) in [4.78, 5) is 2.25. The topological polar surface area (TPSA) is 59.1 Å². The maximum atomic E-state index is 5.81. The first kappa shape index (κ1) is 16.1. The lowest BCUT2D eigenvalue weighted by molar-refractivity contribution is 0.111. The second-order valence-corrected chi connectivity index (χ2v) is 5.62. The number of hydrogen-bond donors (Lipinski definition) is 2. The van der Waals surface area contributed by atoms with Gasteiger partial charge in [-0.15, -0.1) is 0 Å². The van der Waals surface area contributed by atoms with Gasteiger partial charge >= 0.3 is 0 Å². The van der Waals surface area contributed by atoms with Crippen LogP contribution in [0.15, 0.2) is 6.07 Å². The minimum absolute atomic E-state index is 0.0193. The van der Waals surface area contributed by atoms with E-state index in [0.29, 0.717) is 0 Å². The van der Waals surface area contributed by atoms with Gasteiger partial charge in [-0.3, -0.25) is 16.0 Å². The summed E-state index contributed by atoms with van der Waals surface area (Å²) in [5.41, 5.74) is 5.33. The van der Waals surface area contributed by atoms with Gasteiger partial charge in [-0.05, 0) is 47.4 Å². The Balaban J connectivity index is 2.98.